The second kappa shape index (κ2) is 10.8. The molecule has 3 atom stereocenters. The van der Waals surface area contributed by atoms with Crippen LogP contribution in [0.1, 0.15) is 83.1 Å². The van der Waals surface area contributed by atoms with Crippen molar-refractivity contribution >= 4 is 26.8 Å². The van der Waals surface area contributed by atoms with Crippen LogP contribution in [0.2, 0.25) is 0 Å². The highest BCUT2D eigenvalue weighted by Gasteiger charge is 2.44. The van der Waals surface area contributed by atoms with E-state index in [4.69, 9.17) is 4.98 Å². The van der Waals surface area contributed by atoms with Crippen LogP contribution in [0, 0.1) is 12.3 Å². The number of nitrogens with zero attached hydrogens (tertiary/aromatic N) is 4. The number of imidazole rings is 1. The zero-order valence-electron chi connectivity index (χ0n) is 25.8. The maximum absolute atomic E-state index is 13.1. The quantitative estimate of drug-likeness (QED) is 0.357. The van der Waals surface area contributed by atoms with Crippen LogP contribution < -0.4 is 0 Å². The van der Waals surface area contributed by atoms with Crippen molar-refractivity contribution in [1.82, 2.24) is 19.4 Å². The number of hydrogen-bond donors (Lipinski definition) is 0. The third-order valence-electron chi connectivity index (χ3n) is 10.4. The number of aryl methyl sites for hydroxylation is 1. The fourth-order valence-electron chi connectivity index (χ4n) is 8.14. The smallest absolute Gasteiger partial charge is 0.227 e. The molecule has 42 heavy (non-hydrogen) atoms. The fourth-order valence-corrected chi connectivity index (χ4v) is 8.77. The molecule has 4 heterocycles. The van der Waals surface area contributed by atoms with Crippen LogP contribution in [0.25, 0.3) is 11.0 Å². The number of hydrogen-bond acceptors (Lipinski definition) is 5. The lowest BCUT2D eigenvalue weighted by atomic mass is 9.70. The molecule has 0 unspecified atom stereocenters. The van der Waals surface area contributed by atoms with Gasteiger partial charge in [0.25, 0.3) is 0 Å². The molecule has 3 aromatic rings. The Kier molecular flexibility index (Phi) is 7.53. The van der Waals surface area contributed by atoms with Gasteiger partial charge in [-0.05, 0) is 93.7 Å². The van der Waals surface area contributed by atoms with Crippen molar-refractivity contribution in [3.63, 3.8) is 0 Å². The van der Waals surface area contributed by atoms with E-state index in [-0.39, 0.29) is 16.7 Å². The van der Waals surface area contributed by atoms with Gasteiger partial charge in [-0.25, -0.2) is 13.4 Å². The van der Waals surface area contributed by atoms with Gasteiger partial charge >= 0.3 is 0 Å². The first-order chi connectivity index (χ1) is 19.9. The average Bonchev–Trinajstić information content (AvgIpc) is 3.41. The van der Waals surface area contributed by atoms with Crippen LogP contribution in [-0.2, 0) is 20.0 Å². The lowest BCUT2D eigenvalue weighted by molar-refractivity contribution is -0.141. The van der Waals surface area contributed by atoms with Gasteiger partial charge in [-0.15, -0.1) is 0 Å². The van der Waals surface area contributed by atoms with Crippen LogP contribution in [0.5, 0.6) is 0 Å². The van der Waals surface area contributed by atoms with Gasteiger partial charge in [0.1, 0.15) is 5.82 Å². The summed E-state index contributed by atoms with van der Waals surface area (Å²) < 4.78 is 26.8. The second-order valence-corrected chi connectivity index (χ2v) is 16.2. The molecule has 226 valence electrons. The lowest BCUT2D eigenvalue weighted by Crippen LogP contribution is -2.50. The average molecular weight is 591 g/mol. The van der Waals surface area contributed by atoms with Crippen molar-refractivity contribution in [2.45, 2.75) is 101 Å². The summed E-state index contributed by atoms with van der Waals surface area (Å²) in [4.78, 5) is 23.1. The number of sulfone groups is 1. The number of para-hydroxylation sites is 2. The van der Waals surface area contributed by atoms with E-state index in [0.717, 1.165) is 63.1 Å². The van der Waals surface area contributed by atoms with E-state index in [9.17, 15) is 13.2 Å². The van der Waals surface area contributed by atoms with Gasteiger partial charge in [0, 0.05) is 42.9 Å². The SMILES string of the molecule is Cc1nc2ccccc2n1[C@H]1C[C@H]2CC[C@@H](C1)N2CCC1(c2ccc(S(C)(=O)=O)cc2)CCN(C(=O)C(C)(C)C)CC1. The largest absolute Gasteiger partial charge is 0.342 e. The van der Waals surface area contributed by atoms with Crippen LogP contribution in [0.3, 0.4) is 0 Å². The first-order valence-electron chi connectivity index (χ1n) is 15.7. The minimum atomic E-state index is -3.25. The Bertz CT molecular complexity index is 1550. The summed E-state index contributed by atoms with van der Waals surface area (Å²) in [6.45, 7) is 10.6. The zero-order valence-corrected chi connectivity index (χ0v) is 26.7. The van der Waals surface area contributed by atoms with Crippen molar-refractivity contribution in [3.05, 3.63) is 59.9 Å². The van der Waals surface area contributed by atoms with Crippen molar-refractivity contribution in [2.75, 3.05) is 25.9 Å². The molecule has 0 radical (unpaired) electrons. The first-order valence-corrected chi connectivity index (χ1v) is 17.5. The van der Waals surface area contributed by atoms with Gasteiger partial charge in [-0.3, -0.25) is 9.69 Å². The number of aromatic nitrogens is 2. The molecule has 3 aliphatic heterocycles. The van der Waals surface area contributed by atoms with E-state index in [1.165, 1.54) is 30.2 Å². The number of carbonyl (C=O) groups excluding carboxylic acids is 1. The Morgan fingerprint density at radius 1 is 0.952 bits per heavy atom. The van der Waals surface area contributed by atoms with Crippen LogP contribution >= 0.6 is 0 Å². The summed E-state index contributed by atoms with van der Waals surface area (Å²) in [5.74, 6) is 1.33. The van der Waals surface area contributed by atoms with Crippen molar-refractivity contribution in [3.8, 4) is 0 Å². The number of likely N-dealkylation sites (tertiary alicyclic amines) is 1. The first kappa shape index (κ1) is 29.4. The lowest BCUT2D eigenvalue weighted by Gasteiger charge is -2.46. The molecule has 1 aromatic heterocycles. The molecule has 3 fully saturated rings. The Hall–Kier alpha value is -2.71. The van der Waals surface area contributed by atoms with E-state index in [1.54, 1.807) is 12.1 Å². The van der Waals surface area contributed by atoms with E-state index in [0.29, 0.717) is 23.0 Å². The molecule has 1 amide bonds. The van der Waals surface area contributed by atoms with Crippen molar-refractivity contribution in [1.29, 1.82) is 0 Å². The zero-order chi connectivity index (χ0) is 29.9. The monoisotopic (exact) mass is 590 g/mol. The summed E-state index contributed by atoms with van der Waals surface area (Å²) >= 11 is 0. The van der Waals surface area contributed by atoms with Crippen molar-refractivity contribution in [2.24, 2.45) is 5.41 Å². The van der Waals surface area contributed by atoms with E-state index in [1.807, 2.05) is 37.8 Å². The molecule has 7 nitrogen and oxygen atoms in total. The molecular weight excluding hydrogens is 544 g/mol. The third-order valence-corrected chi connectivity index (χ3v) is 11.5. The Labute approximate surface area is 251 Å². The summed E-state index contributed by atoms with van der Waals surface area (Å²) in [6, 6.07) is 17.7. The predicted molar refractivity (Wildman–Crippen MR) is 167 cm³/mol. The number of fused-ring (bicyclic) bond motifs is 3. The number of carbonyl (C=O) groups is 1. The van der Waals surface area contributed by atoms with E-state index < -0.39 is 9.84 Å². The summed E-state index contributed by atoms with van der Waals surface area (Å²) in [6.07, 6.45) is 8.89. The molecule has 8 heteroatoms. The van der Waals surface area contributed by atoms with Crippen LogP contribution in [-0.4, -0.2) is 71.6 Å². The van der Waals surface area contributed by atoms with Gasteiger partial charge in [0.2, 0.25) is 5.91 Å². The highest BCUT2D eigenvalue weighted by molar-refractivity contribution is 7.90. The standard InChI is InChI=1S/C34H46N4O3S/c1-24-35-30-8-6-7-9-31(30)38(24)28-22-26-12-13-27(23-28)37(26)21-18-34(25-10-14-29(15-11-25)42(5,40)41)16-19-36(20-17-34)32(39)33(2,3)4/h6-11,14-15,26-28H,12-13,16-23H2,1-5H3/t26-,27+,28+. The summed E-state index contributed by atoms with van der Waals surface area (Å²) in [5, 5.41) is 0. The molecule has 0 N–H and O–H groups in total. The van der Waals surface area contributed by atoms with Crippen LogP contribution in [0.15, 0.2) is 53.4 Å². The predicted octanol–water partition coefficient (Wildman–Crippen LogP) is 5.91. The van der Waals surface area contributed by atoms with Gasteiger partial charge in [-0.2, -0.15) is 0 Å². The van der Waals surface area contributed by atoms with Gasteiger partial charge in [0.05, 0.1) is 15.9 Å². The Morgan fingerprint density at radius 3 is 2.17 bits per heavy atom. The molecule has 0 saturated carbocycles. The molecule has 2 bridgehead atoms. The van der Waals surface area contributed by atoms with Gasteiger partial charge in [-0.1, -0.05) is 45.0 Å². The number of benzene rings is 2. The molecule has 2 aromatic carbocycles. The number of amides is 1. The van der Waals surface area contributed by atoms with E-state index >= 15 is 0 Å². The minimum absolute atomic E-state index is 0.0713. The summed E-state index contributed by atoms with van der Waals surface area (Å²) in [5.41, 5.74) is 3.09. The minimum Gasteiger partial charge on any atom is -0.342 e. The second-order valence-electron chi connectivity index (χ2n) is 14.1. The summed E-state index contributed by atoms with van der Waals surface area (Å²) in [7, 11) is -3.25. The molecule has 3 aliphatic rings. The molecule has 0 spiro atoms. The van der Waals surface area contributed by atoms with Crippen molar-refractivity contribution < 1.29 is 13.2 Å². The molecular formula is C34H46N4O3S. The topological polar surface area (TPSA) is 75.5 Å². The van der Waals surface area contributed by atoms with E-state index in [2.05, 4.69) is 40.7 Å². The Balaban J connectivity index is 1.21. The highest BCUT2D eigenvalue weighted by atomic mass is 32.2. The normalized spacial score (nSPS) is 24.8. The maximum atomic E-state index is 13.1. The van der Waals surface area contributed by atoms with Crippen LogP contribution in [0.4, 0.5) is 0 Å². The fraction of sp³-hybridized carbons (Fsp3) is 0.588. The third kappa shape index (κ3) is 5.41. The molecule has 6 rings (SSSR count). The number of rotatable bonds is 6. The molecule has 0 aliphatic carbocycles. The Morgan fingerprint density at radius 2 is 1.57 bits per heavy atom. The maximum Gasteiger partial charge on any atom is 0.227 e. The number of piperidine rings is 2. The van der Waals surface area contributed by atoms with Gasteiger partial charge in [0.15, 0.2) is 9.84 Å². The van der Waals surface area contributed by atoms with Gasteiger partial charge < -0.3 is 9.47 Å². The molecule has 3 saturated heterocycles. The highest BCUT2D eigenvalue weighted by Crippen LogP contribution is 2.45.